The van der Waals surface area contributed by atoms with E-state index in [0.717, 1.165) is 31.2 Å². The summed E-state index contributed by atoms with van der Waals surface area (Å²) in [5.74, 6) is -0.205. The lowest BCUT2D eigenvalue weighted by molar-refractivity contribution is -0.124. The minimum atomic E-state index is -3.51. The summed E-state index contributed by atoms with van der Waals surface area (Å²) in [5.41, 5.74) is 1.37. The maximum absolute atomic E-state index is 12.8. The molecule has 132 valence electrons. The maximum atomic E-state index is 12.8. The molecule has 0 saturated carbocycles. The number of piperidine rings is 1. The summed E-state index contributed by atoms with van der Waals surface area (Å²) in [6, 6.07) is 4.91. The summed E-state index contributed by atoms with van der Waals surface area (Å²) in [6.45, 7) is 3.57. The Morgan fingerprint density at radius 1 is 1.21 bits per heavy atom. The molecule has 7 heteroatoms. The summed E-state index contributed by atoms with van der Waals surface area (Å²) < 4.78 is 32.5. The molecule has 2 aliphatic rings. The standard InChI is InChI=1S/C17H24N2O4S/c1-13-7-8-14(24(21,22)19-9-3-2-4-10-19)12-15(13)18-17(20)16-6-5-11-23-16/h7-8,12,16H,2-6,9-11H2,1H3,(H,18,20)/t16-/m0/s1. The number of ether oxygens (including phenoxy) is 1. The van der Waals surface area contributed by atoms with Gasteiger partial charge in [0.15, 0.2) is 0 Å². The molecule has 1 N–H and O–H groups in total. The minimum absolute atomic E-state index is 0.205. The molecule has 2 heterocycles. The van der Waals surface area contributed by atoms with Gasteiger partial charge in [-0.1, -0.05) is 12.5 Å². The number of benzene rings is 1. The molecule has 0 aromatic heterocycles. The minimum Gasteiger partial charge on any atom is -0.368 e. The van der Waals surface area contributed by atoms with Crippen molar-refractivity contribution in [3.05, 3.63) is 23.8 Å². The number of nitrogens with zero attached hydrogens (tertiary/aromatic N) is 1. The third kappa shape index (κ3) is 3.63. The Balaban J connectivity index is 1.81. The summed E-state index contributed by atoms with van der Waals surface area (Å²) in [4.78, 5) is 12.5. The first-order valence-corrected chi connectivity index (χ1v) is 9.96. The van der Waals surface area contributed by atoms with Gasteiger partial charge in [0.2, 0.25) is 10.0 Å². The predicted octanol–water partition coefficient (Wildman–Crippen LogP) is 2.29. The van der Waals surface area contributed by atoms with Crippen LogP contribution in [0, 0.1) is 6.92 Å². The Morgan fingerprint density at radius 2 is 1.96 bits per heavy atom. The third-order valence-electron chi connectivity index (χ3n) is 4.64. The summed E-state index contributed by atoms with van der Waals surface area (Å²) in [7, 11) is -3.51. The highest BCUT2D eigenvalue weighted by atomic mass is 32.2. The number of aryl methyl sites for hydroxylation is 1. The Labute approximate surface area is 143 Å². The lowest BCUT2D eigenvalue weighted by atomic mass is 10.2. The van der Waals surface area contributed by atoms with Gasteiger partial charge in [0.05, 0.1) is 4.90 Å². The van der Waals surface area contributed by atoms with Gasteiger partial charge < -0.3 is 10.1 Å². The Morgan fingerprint density at radius 3 is 2.62 bits per heavy atom. The second kappa shape index (κ2) is 7.21. The molecule has 1 amide bonds. The van der Waals surface area contributed by atoms with Crippen LogP contribution in [0.4, 0.5) is 5.69 Å². The molecular weight excluding hydrogens is 328 g/mol. The van der Waals surface area contributed by atoms with E-state index >= 15 is 0 Å². The van der Waals surface area contributed by atoms with E-state index in [9.17, 15) is 13.2 Å². The van der Waals surface area contributed by atoms with Crippen LogP contribution in [0.25, 0.3) is 0 Å². The molecule has 1 atom stereocenters. The molecular formula is C17H24N2O4S. The van der Waals surface area contributed by atoms with Crippen LogP contribution in [-0.4, -0.2) is 44.4 Å². The number of hydrogen-bond donors (Lipinski definition) is 1. The highest BCUT2D eigenvalue weighted by Gasteiger charge is 2.27. The smallest absolute Gasteiger partial charge is 0.253 e. The zero-order chi connectivity index (χ0) is 17.2. The van der Waals surface area contributed by atoms with E-state index < -0.39 is 16.1 Å². The molecule has 1 aromatic rings. The van der Waals surface area contributed by atoms with Crippen molar-refractivity contribution in [2.75, 3.05) is 25.0 Å². The largest absolute Gasteiger partial charge is 0.368 e. The van der Waals surface area contributed by atoms with Crippen LogP contribution in [0.3, 0.4) is 0 Å². The van der Waals surface area contributed by atoms with Gasteiger partial charge in [-0.3, -0.25) is 4.79 Å². The average molecular weight is 352 g/mol. The third-order valence-corrected chi connectivity index (χ3v) is 6.54. The first-order valence-electron chi connectivity index (χ1n) is 8.52. The molecule has 3 rings (SSSR count). The predicted molar refractivity (Wildman–Crippen MR) is 91.4 cm³/mol. The quantitative estimate of drug-likeness (QED) is 0.902. The Hall–Kier alpha value is -1.44. The van der Waals surface area contributed by atoms with E-state index in [2.05, 4.69) is 5.32 Å². The van der Waals surface area contributed by atoms with Gasteiger partial charge in [-0.25, -0.2) is 8.42 Å². The van der Waals surface area contributed by atoms with Crippen molar-refractivity contribution in [3.63, 3.8) is 0 Å². The fourth-order valence-electron chi connectivity index (χ4n) is 3.15. The molecule has 24 heavy (non-hydrogen) atoms. The van der Waals surface area contributed by atoms with Crippen molar-refractivity contribution in [1.82, 2.24) is 4.31 Å². The Bertz CT molecular complexity index is 705. The Kier molecular flexibility index (Phi) is 5.22. The van der Waals surface area contributed by atoms with E-state index in [1.54, 1.807) is 18.2 Å². The number of anilines is 1. The second-order valence-electron chi connectivity index (χ2n) is 6.43. The maximum Gasteiger partial charge on any atom is 0.253 e. The van der Waals surface area contributed by atoms with Crippen molar-refractivity contribution in [1.29, 1.82) is 0 Å². The number of carbonyl (C=O) groups excluding carboxylic acids is 1. The molecule has 2 fully saturated rings. The highest BCUT2D eigenvalue weighted by Crippen LogP contribution is 2.26. The van der Waals surface area contributed by atoms with Crippen LogP contribution in [0.15, 0.2) is 23.1 Å². The monoisotopic (exact) mass is 352 g/mol. The normalized spacial score (nSPS) is 22.5. The van der Waals surface area contributed by atoms with E-state index in [-0.39, 0.29) is 10.8 Å². The van der Waals surface area contributed by atoms with Crippen LogP contribution in [0.5, 0.6) is 0 Å². The first kappa shape index (κ1) is 17.4. The number of sulfonamides is 1. The second-order valence-corrected chi connectivity index (χ2v) is 8.37. The van der Waals surface area contributed by atoms with E-state index in [1.165, 1.54) is 4.31 Å². The van der Waals surface area contributed by atoms with Gasteiger partial charge >= 0.3 is 0 Å². The molecule has 0 bridgehead atoms. The van der Waals surface area contributed by atoms with Crippen molar-refractivity contribution >= 4 is 21.6 Å². The lowest BCUT2D eigenvalue weighted by Gasteiger charge is -2.26. The molecule has 0 aliphatic carbocycles. The average Bonchev–Trinajstić information content (AvgIpc) is 3.12. The zero-order valence-electron chi connectivity index (χ0n) is 14.0. The molecule has 0 unspecified atom stereocenters. The molecule has 0 spiro atoms. The number of rotatable bonds is 4. The van der Waals surface area contributed by atoms with Gasteiger partial charge in [-0.05, 0) is 50.3 Å². The number of nitrogens with one attached hydrogen (secondary N) is 1. The first-order chi connectivity index (χ1) is 11.5. The van der Waals surface area contributed by atoms with Crippen LogP contribution < -0.4 is 5.32 Å². The van der Waals surface area contributed by atoms with Crippen molar-refractivity contribution < 1.29 is 17.9 Å². The molecule has 1 aromatic carbocycles. The highest BCUT2D eigenvalue weighted by molar-refractivity contribution is 7.89. The number of carbonyl (C=O) groups is 1. The van der Waals surface area contributed by atoms with E-state index in [1.807, 2.05) is 6.92 Å². The fraction of sp³-hybridized carbons (Fsp3) is 0.588. The molecule has 0 radical (unpaired) electrons. The van der Waals surface area contributed by atoms with Crippen LogP contribution >= 0.6 is 0 Å². The van der Waals surface area contributed by atoms with Crippen LogP contribution in [0.1, 0.15) is 37.7 Å². The fourth-order valence-corrected chi connectivity index (χ4v) is 4.69. The summed E-state index contributed by atoms with van der Waals surface area (Å²) in [5, 5.41) is 2.82. The summed E-state index contributed by atoms with van der Waals surface area (Å²) >= 11 is 0. The SMILES string of the molecule is Cc1ccc(S(=O)(=O)N2CCCCC2)cc1NC(=O)[C@@H]1CCCO1. The van der Waals surface area contributed by atoms with Gasteiger partial charge in [-0.2, -0.15) is 4.31 Å². The van der Waals surface area contributed by atoms with Crippen molar-refractivity contribution in [2.45, 2.75) is 50.0 Å². The molecule has 2 aliphatic heterocycles. The van der Waals surface area contributed by atoms with Crippen molar-refractivity contribution in [2.24, 2.45) is 0 Å². The number of hydrogen-bond acceptors (Lipinski definition) is 4. The molecule has 6 nitrogen and oxygen atoms in total. The number of amides is 1. The van der Waals surface area contributed by atoms with E-state index in [0.29, 0.717) is 31.8 Å². The molecule has 2 saturated heterocycles. The van der Waals surface area contributed by atoms with E-state index in [4.69, 9.17) is 4.74 Å². The topological polar surface area (TPSA) is 75.7 Å². The van der Waals surface area contributed by atoms with Gasteiger partial charge in [-0.15, -0.1) is 0 Å². The van der Waals surface area contributed by atoms with Gasteiger partial charge in [0.25, 0.3) is 5.91 Å². The lowest BCUT2D eigenvalue weighted by Crippen LogP contribution is -2.35. The van der Waals surface area contributed by atoms with Crippen LogP contribution in [-0.2, 0) is 19.6 Å². The zero-order valence-corrected chi connectivity index (χ0v) is 14.8. The van der Waals surface area contributed by atoms with Crippen LogP contribution in [0.2, 0.25) is 0 Å². The summed E-state index contributed by atoms with van der Waals surface area (Å²) in [6.07, 6.45) is 4.01. The van der Waals surface area contributed by atoms with Crippen molar-refractivity contribution in [3.8, 4) is 0 Å². The van der Waals surface area contributed by atoms with Gasteiger partial charge in [0.1, 0.15) is 6.10 Å². The van der Waals surface area contributed by atoms with Gasteiger partial charge in [0, 0.05) is 25.4 Å².